The summed E-state index contributed by atoms with van der Waals surface area (Å²) in [7, 11) is 1.34. The van der Waals surface area contributed by atoms with Crippen LogP contribution in [0.1, 0.15) is 32.7 Å². The summed E-state index contributed by atoms with van der Waals surface area (Å²) in [6.07, 6.45) is 0.444. The van der Waals surface area contributed by atoms with Crippen LogP contribution in [0.15, 0.2) is 18.2 Å². The van der Waals surface area contributed by atoms with Gasteiger partial charge in [-0.15, -0.1) is 0 Å². The second kappa shape index (κ2) is 6.91. The molecule has 0 aliphatic carbocycles. The Labute approximate surface area is 117 Å². The fourth-order valence-electron chi connectivity index (χ4n) is 1.42. The summed E-state index contributed by atoms with van der Waals surface area (Å²) in [6.45, 7) is 0. The first kappa shape index (κ1) is 14.4. The highest BCUT2D eigenvalue weighted by Gasteiger charge is 2.14. The topological polar surface area (TPSA) is 43.4 Å². The Kier molecular flexibility index (Phi) is 5.85. The van der Waals surface area contributed by atoms with Crippen molar-refractivity contribution in [2.24, 2.45) is 0 Å². The molecule has 1 aromatic carbocycles. The maximum atomic E-state index is 11.7. The highest BCUT2D eigenvalue weighted by atomic mass is 79.9. The molecule has 0 aromatic heterocycles. The number of methoxy groups -OCH3 is 1. The van der Waals surface area contributed by atoms with Crippen LogP contribution in [0.3, 0.4) is 0 Å². The van der Waals surface area contributed by atoms with Crippen LogP contribution in [-0.4, -0.2) is 24.2 Å². The Hall–Kier alpha value is -0.680. The molecule has 3 nitrogen and oxygen atoms in total. The van der Waals surface area contributed by atoms with Gasteiger partial charge in [-0.1, -0.05) is 37.9 Å². The number of Topliss-reactive ketones (excluding diaryl/α,β-unsaturated/α-hetero) is 1. The molecule has 0 saturated carbocycles. The van der Waals surface area contributed by atoms with Crippen LogP contribution in [0.4, 0.5) is 0 Å². The molecule has 0 unspecified atom stereocenters. The van der Waals surface area contributed by atoms with Crippen LogP contribution in [0.2, 0.25) is 0 Å². The van der Waals surface area contributed by atoms with Crippen molar-refractivity contribution in [2.75, 3.05) is 12.4 Å². The summed E-state index contributed by atoms with van der Waals surface area (Å²) >= 11 is 6.53. The molecule has 0 atom stereocenters. The molecule has 0 aliphatic rings. The number of hydrogen-bond acceptors (Lipinski definition) is 3. The SMILES string of the molecule is COC(=O)c1ccc(C(=O)CCBr)cc1CBr. The Morgan fingerprint density at radius 1 is 1.29 bits per heavy atom. The van der Waals surface area contributed by atoms with Gasteiger partial charge in [-0.25, -0.2) is 4.79 Å². The van der Waals surface area contributed by atoms with E-state index in [2.05, 4.69) is 36.6 Å². The zero-order valence-corrected chi connectivity index (χ0v) is 12.5. The third kappa shape index (κ3) is 3.64. The molecule has 1 rings (SSSR count). The van der Waals surface area contributed by atoms with Crippen molar-refractivity contribution in [3.05, 3.63) is 34.9 Å². The van der Waals surface area contributed by atoms with Crippen LogP contribution >= 0.6 is 31.9 Å². The molecular weight excluding hydrogens is 352 g/mol. The molecule has 0 N–H and O–H groups in total. The average Bonchev–Trinajstić information content (AvgIpc) is 2.37. The van der Waals surface area contributed by atoms with Crippen LogP contribution in [0.25, 0.3) is 0 Å². The number of ketones is 1. The zero-order chi connectivity index (χ0) is 12.8. The van der Waals surface area contributed by atoms with E-state index in [4.69, 9.17) is 0 Å². The molecule has 0 aliphatic heterocycles. The van der Waals surface area contributed by atoms with Gasteiger partial charge in [0.25, 0.3) is 0 Å². The minimum absolute atomic E-state index is 0.0560. The van der Waals surface area contributed by atoms with Gasteiger partial charge >= 0.3 is 5.97 Å². The predicted molar refractivity (Wildman–Crippen MR) is 73.2 cm³/mol. The van der Waals surface area contributed by atoms with Gasteiger partial charge in [0.15, 0.2) is 5.78 Å². The lowest BCUT2D eigenvalue weighted by molar-refractivity contribution is 0.0599. The Balaban J connectivity index is 3.08. The highest BCUT2D eigenvalue weighted by molar-refractivity contribution is 9.09. The highest BCUT2D eigenvalue weighted by Crippen LogP contribution is 2.17. The fraction of sp³-hybridized carbons (Fsp3) is 0.333. The van der Waals surface area contributed by atoms with Crippen molar-refractivity contribution < 1.29 is 14.3 Å². The molecule has 17 heavy (non-hydrogen) atoms. The first-order chi connectivity index (χ1) is 8.13. The summed E-state index contributed by atoms with van der Waals surface area (Å²) in [5.74, 6) is -0.334. The molecule has 0 bridgehead atoms. The molecule has 0 amide bonds. The van der Waals surface area contributed by atoms with Gasteiger partial charge < -0.3 is 4.74 Å². The first-order valence-corrected chi connectivity index (χ1v) is 7.24. The van der Waals surface area contributed by atoms with Crippen molar-refractivity contribution >= 4 is 43.6 Å². The molecule has 92 valence electrons. The van der Waals surface area contributed by atoms with E-state index in [1.807, 2.05) is 0 Å². The number of carbonyl (C=O) groups excluding carboxylic acids is 2. The minimum Gasteiger partial charge on any atom is -0.465 e. The van der Waals surface area contributed by atoms with E-state index in [9.17, 15) is 9.59 Å². The first-order valence-electron chi connectivity index (χ1n) is 5.00. The van der Waals surface area contributed by atoms with E-state index in [-0.39, 0.29) is 11.8 Å². The lowest BCUT2D eigenvalue weighted by Gasteiger charge is -2.07. The van der Waals surface area contributed by atoms with Crippen LogP contribution in [0, 0.1) is 0 Å². The Morgan fingerprint density at radius 3 is 2.53 bits per heavy atom. The molecule has 1 aromatic rings. The van der Waals surface area contributed by atoms with Crippen LogP contribution < -0.4 is 0 Å². The largest absolute Gasteiger partial charge is 0.465 e. The fourth-order valence-corrected chi connectivity index (χ4v) is 2.24. The predicted octanol–water partition coefficient (Wildman–Crippen LogP) is 3.34. The third-order valence-electron chi connectivity index (χ3n) is 2.30. The summed E-state index contributed by atoms with van der Waals surface area (Å²) in [5.41, 5.74) is 1.86. The van der Waals surface area contributed by atoms with Crippen molar-refractivity contribution in [1.82, 2.24) is 0 Å². The van der Waals surface area contributed by atoms with Gasteiger partial charge in [-0.2, -0.15) is 0 Å². The molecule has 0 fully saturated rings. The molecule has 0 spiro atoms. The van der Waals surface area contributed by atoms with Gasteiger partial charge in [-0.05, 0) is 17.7 Å². The standard InChI is InChI=1S/C12H12Br2O3/c1-17-12(16)10-3-2-8(6-9(10)7-14)11(15)4-5-13/h2-3,6H,4-5,7H2,1H3. The number of carbonyl (C=O) groups is 2. The molecule has 0 saturated heterocycles. The number of rotatable bonds is 5. The van der Waals surface area contributed by atoms with Crippen molar-refractivity contribution in [1.29, 1.82) is 0 Å². The summed E-state index contributed by atoms with van der Waals surface area (Å²) in [4.78, 5) is 23.2. The third-order valence-corrected chi connectivity index (χ3v) is 3.30. The lowest BCUT2D eigenvalue weighted by Crippen LogP contribution is -2.07. The Morgan fingerprint density at radius 2 is 2.00 bits per heavy atom. The monoisotopic (exact) mass is 362 g/mol. The quantitative estimate of drug-likeness (QED) is 0.457. The normalized spacial score (nSPS) is 10.1. The number of esters is 1. The molecule has 0 heterocycles. The van der Waals surface area contributed by atoms with Gasteiger partial charge in [0.2, 0.25) is 0 Å². The van der Waals surface area contributed by atoms with Gasteiger partial charge in [0.1, 0.15) is 0 Å². The van der Waals surface area contributed by atoms with Gasteiger partial charge in [0, 0.05) is 22.6 Å². The smallest absolute Gasteiger partial charge is 0.338 e. The maximum absolute atomic E-state index is 11.7. The minimum atomic E-state index is -0.390. The van der Waals surface area contributed by atoms with Crippen molar-refractivity contribution in [2.45, 2.75) is 11.8 Å². The second-order valence-corrected chi connectivity index (χ2v) is 4.71. The lowest BCUT2D eigenvalue weighted by atomic mass is 10.0. The van der Waals surface area contributed by atoms with Crippen LogP contribution in [0.5, 0.6) is 0 Å². The summed E-state index contributed by atoms with van der Waals surface area (Å²) in [5, 5.41) is 1.14. The molecule has 0 radical (unpaired) electrons. The van der Waals surface area contributed by atoms with E-state index in [0.717, 1.165) is 5.56 Å². The number of alkyl halides is 2. The number of halogens is 2. The summed E-state index contributed by atoms with van der Waals surface area (Å²) in [6, 6.07) is 5.01. The average molecular weight is 364 g/mol. The van der Waals surface area contributed by atoms with E-state index < -0.39 is 0 Å². The number of benzene rings is 1. The summed E-state index contributed by atoms with van der Waals surface area (Å²) < 4.78 is 4.67. The van der Waals surface area contributed by atoms with E-state index in [1.165, 1.54) is 7.11 Å². The van der Waals surface area contributed by atoms with Gasteiger partial charge in [0.05, 0.1) is 12.7 Å². The zero-order valence-electron chi connectivity index (χ0n) is 9.33. The van der Waals surface area contributed by atoms with E-state index in [0.29, 0.717) is 28.2 Å². The van der Waals surface area contributed by atoms with E-state index >= 15 is 0 Å². The van der Waals surface area contributed by atoms with E-state index in [1.54, 1.807) is 18.2 Å². The Bertz CT molecular complexity index is 430. The van der Waals surface area contributed by atoms with Crippen molar-refractivity contribution in [3.63, 3.8) is 0 Å². The molecule has 5 heteroatoms. The maximum Gasteiger partial charge on any atom is 0.338 e. The van der Waals surface area contributed by atoms with Crippen LogP contribution in [-0.2, 0) is 10.1 Å². The second-order valence-electron chi connectivity index (χ2n) is 3.36. The van der Waals surface area contributed by atoms with Gasteiger partial charge in [-0.3, -0.25) is 4.79 Å². The number of ether oxygens (including phenoxy) is 1. The molecular formula is C12H12Br2O3. The number of hydrogen-bond donors (Lipinski definition) is 0. The van der Waals surface area contributed by atoms with Crippen molar-refractivity contribution in [3.8, 4) is 0 Å².